The Labute approximate surface area is 110 Å². The summed E-state index contributed by atoms with van der Waals surface area (Å²) in [6.07, 6.45) is 2.77. The molecule has 2 nitrogen and oxygen atoms in total. The molecule has 16 heavy (non-hydrogen) atoms. The first-order chi connectivity index (χ1) is 7.63. The molecule has 1 heterocycles. The molecule has 0 aromatic carbocycles. The second-order valence-electron chi connectivity index (χ2n) is 4.64. The fraction of sp³-hybridized carbons (Fsp3) is 0.667. The van der Waals surface area contributed by atoms with Crippen LogP contribution < -0.4 is 5.73 Å². The van der Waals surface area contributed by atoms with E-state index < -0.39 is 0 Å². The number of hydrogen-bond donors (Lipinski definition) is 1. The van der Waals surface area contributed by atoms with E-state index in [0.717, 1.165) is 5.92 Å². The molecule has 1 aromatic heterocycles. The third-order valence-electron chi connectivity index (χ3n) is 3.58. The molecule has 90 valence electrons. The summed E-state index contributed by atoms with van der Waals surface area (Å²) in [4.78, 5) is 3.81. The number of hydrogen-bond acceptors (Lipinski definition) is 3. The third-order valence-corrected chi connectivity index (χ3v) is 5.31. The Morgan fingerprint density at radius 2 is 2.25 bits per heavy atom. The van der Waals surface area contributed by atoms with Crippen molar-refractivity contribution in [1.82, 2.24) is 4.90 Å². The fourth-order valence-corrected chi connectivity index (χ4v) is 3.77. The van der Waals surface area contributed by atoms with Gasteiger partial charge in [0.2, 0.25) is 0 Å². The second kappa shape index (κ2) is 5.17. The molecular weight excluding hydrogens is 284 g/mol. The van der Waals surface area contributed by atoms with Gasteiger partial charge in [0, 0.05) is 17.5 Å². The summed E-state index contributed by atoms with van der Waals surface area (Å²) in [5.74, 6) is 0.891. The minimum atomic E-state index is 0.367. The van der Waals surface area contributed by atoms with E-state index in [1.54, 1.807) is 11.3 Å². The molecule has 2 N–H and O–H groups in total. The van der Waals surface area contributed by atoms with Crippen LogP contribution in [-0.2, 0) is 0 Å². The van der Waals surface area contributed by atoms with Crippen LogP contribution in [0.3, 0.4) is 0 Å². The molecule has 4 heteroatoms. The zero-order valence-corrected chi connectivity index (χ0v) is 12.2. The molecular formula is C12H19BrN2S. The van der Waals surface area contributed by atoms with E-state index in [4.69, 9.17) is 5.73 Å². The molecule has 2 unspecified atom stereocenters. The molecule has 1 aliphatic carbocycles. The first kappa shape index (κ1) is 12.6. The fourth-order valence-electron chi connectivity index (χ4n) is 2.19. The van der Waals surface area contributed by atoms with E-state index in [9.17, 15) is 0 Å². The molecule has 0 amide bonds. The van der Waals surface area contributed by atoms with Gasteiger partial charge in [-0.25, -0.2) is 0 Å². The van der Waals surface area contributed by atoms with Crippen molar-refractivity contribution in [2.24, 2.45) is 11.7 Å². The largest absolute Gasteiger partial charge is 0.329 e. The highest BCUT2D eigenvalue weighted by atomic mass is 79.9. The van der Waals surface area contributed by atoms with Crippen molar-refractivity contribution in [2.45, 2.75) is 31.8 Å². The average Bonchev–Trinajstić information content (AvgIpc) is 3.03. The van der Waals surface area contributed by atoms with Gasteiger partial charge in [-0.15, -0.1) is 11.3 Å². The summed E-state index contributed by atoms with van der Waals surface area (Å²) in [6, 6.07) is 5.31. The van der Waals surface area contributed by atoms with Gasteiger partial charge < -0.3 is 5.73 Å². The van der Waals surface area contributed by atoms with E-state index in [2.05, 4.69) is 46.9 Å². The Hall–Kier alpha value is 0.1000. The Morgan fingerprint density at radius 1 is 1.56 bits per heavy atom. The van der Waals surface area contributed by atoms with E-state index in [0.29, 0.717) is 18.6 Å². The molecule has 1 saturated carbocycles. The lowest BCUT2D eigenvalue weighted by molar-refractivity contribution is 0.173. The highest BCUT2D eigenvalue weighted by molar-refractivity contribution is 9.11. The van der Waals surface area contributed by atoms with Gasteiger partial charge in [-0.05, 0) is 60.8 Å². The number of rotatable bonds is 5. The monoisotopic (exact) mass is 302 g/mol. The lowest BCUT2D eigenvalue weighted by Crippen LogP contribution is -2.37. The van der Waals surface area contributed by atoms with Gasteiger partial charge in [0.25, 0.3) is 0 Å². The molecule has 2 rings (SSSR count). The van der Waals surface area contributed by atoms with E-state index in [-0.39, 0.29) is 0 Å². The average molecular weight is 303 g/mol. The van der Waals surface area contributed by atoms with Gasteiger partial charge in [-0.2, -0.15) is 0 Å². The molecule has 1 aromatic rings. The van der Waals surface area contributed by atoms with Gasteiger partial charge in [0.05, 0.1) is 9.83 Å². The normalized spacial score (nSPS) is 20.1. The second-order valence-corrected chi connectivity index (χ2v) is 7.13. The predicted molar refractivity (Wildman–Crippen MR) is 73.8 cm³/mol. The minimum absolute atomic E-state index is 0.367. The van der Waals surface area contributed by atoms with Crippen LogP contribution in [-0.4, -0.2) is 24.5 Å². The summed E-state index contributed by atoms with van der Waals surface area (Å²) in [6.45, 7) is 3.02. The van der Waals surface area contributed by atoms with Crippen molar-refractivity contribution in [3.63, 3.8) is 0 Å². The number of halogens is 1. The van der Waals surface area contributed by atoms with E-state index >= 15 is 0 Å². The van der Waals surface area contributed by atoms with E-state index in [1.807, 2.05) is 0 Å². The van der Waals surface area contributed by atoms with Gasteiger partial charge in [0.15, 0.2) is 0 Å². The standard InChI is InChI=1S/C12H19BrN2S/c1-8(9-3-4-9)15(2)10(7-14)11-5-6-12(13)16-11/h5-6,8-10H,3-4,7,14H2,1-2H3. The van der Waals surface area contributed by atoms with Gasteiger partial charge >= 0.3 is 0 Å². The maximum absolute atomic E-state index is 5.92. The maximum atomic E-state index is 5.92. The van der Waals surface area contributed by atoms with Crippen LogP contribution in [0.2, 0.25) is 0 Å². The molecule has 1 aliphatic rings. The van der Waals surface area contributed by atoms with Crippen molar-refractivity contribution in [3.05, 3.63) is 20.8 Å². The molecule has 0 radical (unpaired) electrons. The summed E-state index contributed by atoms with van der Waals surface area (Å²) in [5, 5.41) is 0. The van der Waals surface area contributed by atoms with E-state index in [1.165, 1.54) is 21.5 Å². The maximum Gasteiger partial charge on any atom is 0.0702 e. The number of likely N-dealkylation sites (N-methyl/N-ethyl adjacent to an activating group) is 1. The Balaban J connectivity index is 2.08. The van der Waals surface area contributed by atoms with Crippen LogP contribution in [0.1, 0.15) is 30.7 Å². The minimum Gasteiger partial charge on any atom is -0.329 e. The summed E-state index contributed by atoms with van der Waals surface area (Å²) < 4.78 is 1.19. The molecule has 0 spiro atoms. The van der Waals surface area contributed by atoms with Crippen LogP contribution >= 0.6 is 27.3 Å². The Morgan fingerprint density at radius 3 is 2.69 bits per heavy atom. The van der Waals surface area contributed by atoms with Gasteiger partial charge in [0.1, 0.15) is 0 Å². The number of thiophene rings is 1. The molecule has 0 bridgehead atoms. The first-order valence-corrected chi connectivity index (χ1v) is 7.41. The lowest BCUT2D eigenvalue weighted by Gasteiger charge is -2.32. The zero-order chi connectivity index (χ0) is 11.7. The predicted octanol–water partition coefficient (Wildman–Crippen LogP) is 3.24. The molecule has 0 saturated heterocycles. The van der Waals surface area contributed by atoms with Gasteiger partial charge in [-0.3, -0.25) is 4.90 Å². The van der Waals surface area contributed by atoms with Crippen LogP contribution in [0, 0.1) is 5.92 Å². The highest BCUT2D eigenvalue weighted by Gasteiger charge is 2.33. The lowest BCUT2D eigenvalue weighted by atomic mass is 10.1. The molecule has 0 aliphatic heterocycles. The van der Waals surface area contributed by atoms with Crippen LogP contribution in [0.5, 0.6) is 0 Å². The van der Waals surface area contributed by atoms with Crippen molar-refractivity contribution < 1.29 is 0 Å². The Bertz CT molecular complexity index is 349. The topological polar surface area (TPSA) is 29.3 Å². The van der Waals surface area contributed by atoms with Crippen LogP contribution in [0.25, 0.3) is 0 Å². The smallest absolute Gasteiger partial charge is 0.0702 e. The highest BCUT2D eigenvalue weighted by Crippen LogP contribution is 2.38. The van der Waals surface area contributed by atoms with Crippen molar-refractivity contribution in [3.8, 4) is 0 Å². The van der Waals surface area contributed by atoms with Crippen LogP contribution in [0.15, 0.2) is 15.9 Å². The molecule has 2 atom stereocenters. The van der Waals surface area contributed by atoms with Gasteiger partial charge in [-0.1, -0.05) is 0 Å². The molecule has 1 fully saturated rings. The first-order valence-electron chi connectivity index (χ1n) is 5.80. The third kappa shape index (κ3) is 2.67. The SMILES string of the molecule is CC(C1CC1)N(C)C(CN)c1ccc(Br)s1. The van der Waals surface area contributed by atoms with Crippen LogP contribution in [0.4, 0.5) is 0 Å². The summed E-state index contributed by atoms with van der Waals surface area (Å²) in [5.41, 5.74) is 5.92. The zero-order valence-electron chi connectivity index (χ0n) is 9.82. The quantitative estimate of drug-likeness (QED) is 0.905. The summed E-state index contributed by atoms with van der Waals surface area (Å²) in [7, 11) is 2.20. The van der Waals surface area contributed by atoms with Crippen molar-refractivity contribution in [1.29, 1.82) is 0 Å². The summed E-state index contributed by atoms with van der Waals surface area (Å²) >= 11 is 5.31. The van der Waals surface area contributed by atoms with Crippen molar-refractivity contribution in [2.75, 3.05) is 13.6 Å². The van der Waals surface area contributed by atoms with Crippen molar-refractivity contribution >= 4 is 27.3 Å². The Kier molecular flexibility index (Phi) is 4.06. The number of nitrogens with zero attached hydrogens (tertiary/aromatic N) is 1. The number of nitrogens with two attached hydrogens (primary N) is 1.